The van der Waals surface area contributed by atoms with E-state index < -0.39 is 0 Å². The maximum absolute atomic E-state index is 10.9. The van der Waals surface area contributed by atoms with Gasteiger partial charge < -0.3 is 5.32 Å². The molecule has 1 amide bonds. The van der Waals surface area contributed by atoms with Crippen molar-refractivity contribution in [3.63, 3.8) is 0 Å². The van der Waals surface area contributed by atoms with Crippen LogP contribution in [0.15, 0.2) is 0 Å². The number of hydrogen-bond acceptors (Lipinski definition) is 2. The van der Waals surface area contributed by atoms with Crippen LogP contribution in [0.5, 0.6) is 0 Å². The minimum atomic E-state index is 0.252. The average Bonchev–Trinajstić information content (AvgIpc) is 2.35. The molecule has 0 spiro atoms. The Morgan fingerprint density at radius 3 is 3.20 bits per heavy atom. The molecule has 2 heterocycles. The lowest BCUT2D eigenvalue weighted by Gasteiger charge is -2.11. The molecule has 0 aromatic carbocycles. The summed E-state index contributed by atoms with van der Waals surface area (Å²) in [5, 5.41) is 3.64. The quantitative estimate of drug-likeness (QED) is 0.558. The van der Waals surface area contributed by atoms with E-state index >= 15 is 0 Å². The normalized spacial score (nSPS) is 45.3. The molecule has 0 aromatic heterocycles. The molecule has 2 aliphatic rings. The van der Waals surface area contributed by atoms with E-state index in [0.29, 0.717) is 17.2 Å². The van der Waals surface area contributed by atoms with Gasteiger partial charge >= 0.3 is 0 Å². The predicted molar refractivity (Wildman–Crippen MR) is 42.0 cm³/mol. The lowest BCUT2D eigenvalue weighted by atomic mass is 10.0. The van der Waals surface area contributed by atoms with E-state index in [1.54, 1.807) is 0 Å². The summed E-state index contributed by atoms with van der Waals surface area (Å²) in [5.74, 6) is 2.06. The van der Waals surface area contributed by atoms with Crippen LogP contribution in [0.25, 0.3) is 0 Å². The van der Waals surface area contributed by atoms with E-state index in [9.17, 15) is 4.79 Å². The van der Waals surface area contributed by atoms with Crippen molar-refractivity contribution in [3.05, 3.63) is 0 Å². The van der Waals surface area contributed by atoms with Gasteiger partial charge in [-0.1, -0.05) is 6.92 Å². The predicted octanol–water partition coefficient (Wildman–Crippen LogP) is 0.626. The third-order valence-electron chi connectivity index (χ3n) is 2.36. The molecule has 2 saturated heterocycles. The van der Waals surface area contributed by atoms with Crippen LogP contribution < -0.4 is 5.32 Å². The molecule has 3 heteroatoms. The topological polar surface area (TPSA) is 29.1 Å². The van der Waals surface area contributed by atoms with E-state index in [4.69, 9.17) is 0 Å². The van der Waals surface area contributed by atoms with Gasteiger partial charge in [-0.15, -0.1) is 0 Å². The average molecular weight is 157 g/mol. The number of nitrogens with one attached hydrogen (secondary N) is 1. The number of carbonyl (C=O) groups excluding carboxylic acids is 1. The van der Waals surface area contributed by atoms with Crippen molar-refractivity contribution >= 4 is 17.7 Å². The van der Waals surface area contributed by atoms with Crippen LogP contribution in [0.3, 0.4) is 0 Å². The highest BCUT2D eigenvalue weighted by molar-refractivity contribution is 8.00. The Kier molecular flexibility index (Phi) is 1.41. The summed E-state index contributed by atoms with van der Waals surface area (Å²) >= 11 is 1.98. The maximum Gasteiger partial charge on any atom is 0.220 e. The largest absolute Gasteiger partial charge is 0.352 e. The van der Waals surface area contributed by atoms with E-state index in [2.05, 4.69) is 12.2 Å². The Balaban J connectivity index is 2.12. The van der Waals surface area contributed by atoms with Crippen LogP contribution in [0.4, 0.5) is 0 Å². The molecule has 2 fully saturated rings. The van der Waals surface area contributed by atoms with Gasteiger partial charge in [-0.05, 0) is 11.7 Å². The Morgan fingerprint density at radius 2 is 2.50 bits per heavy atom. The standard InChI is InChI=1S/C7H11NOS/c1-4-7-5(3-10-4)2-6(9)8-7/h4-5,7H,2-3H2,1H3,(H,8,9)/t4-,5-,7+/m0/s1. The van der Waals surface area contributed by atoms with Gasteiger partial charge in [-0.3, -0.25) is 4.79 Å². The Hall–Kier alpha value is -0.180. The van der Waals surface area contributed by atoms with E-state index in [0.717, 1.165) is 6.42 Å². The van der Waals surface area contributed by atoms with Gasteiger partial charge in [-0.25, -0.2) is 0 Å². The van der Waals surface area contributed by atoms with Gasteiger partial charge in [0.1, 0.15) is 0 Å². The van der Waals surface area contributed by atoms with Gasteiger partial charge in [0.15, 0.2) is 0 Å². The number of fused-ring (bicyclic) bond motifs is 1. The second-order valence-electron chi connectivity index (χ2n) is 3.10. The molecule has 0 aromatic rings. The van der Waals surface area contributed by atoms with Gasteiger partial charge in [0, 0.05) is 17.7 Å². The zero-order valence-corrected chi connectivity index (χ0v) is 6.78. The van der Waals surface area contributed by atoms with Crippen LogP contribution in [0, 0.1) is 5.92 Å². The van der Waals surface area contributed by atoms with Crippen molar-refractivity contribution in [1.29, 1.82) is 0 Å². The highest BCUT2D eigenvalue weighted by Crippen LogP contribution is 2.36. The lowest BCUT2D eigenvalue weighted by Crippen LogP contribution is -2.32. The zero-order valence-electron chi connectivity index (χ0n) is 5.96. The third kappa shape index (κ3) is 0.839. The molecule has 1 N–H and O–H groups in total. The number of thioether (sulfide) groups is 1. The molecule has 0 radical (unpaired) electrons. The van der Waals surface area contributed by atoms with E-state index in [1.807, 2.05) is 11.8 Å². The van der Waals surface area contributed by atoms with Crippen LogP contribution >= 0.6 is 11.8 Å². The summed E-state index contributed by atoms with van der Waals surface area (Å²) in [7, 11) is 0. The van der Waals surface area contributed by atoms with Crippen molar-refractivity contribution in [2.24, 2.45) is 5.92 Å². The van der Waals surface area contributed by atoms with Crippen molar-refractivity contribution in [2.75, 3.05) is 5.75 Å². The van der Waals surface area contributed by atoms with E-state index in [-0.39, 0.29) is 5.91 Å². The summed E-state index contributed by atoms with van der Waals surface area (Å²) in [6.07, 6.45) is 0.766. The summed E-state index contributed by atoms with van der Waals surface area (Å²) in [6.45, 7) is 2.20. The molecule has 10 heavy (non-hydrogen) atoms. The van der Waals surface area contributed by atoms with Gasteiger partial charge in [0.25, 0.3) is 0 Å². The first kappa shape index (κ1) is 6.53. The van der Waals surface area contributed by atoms with Gasteiger partial charge in [0.2, 0.25) is 5.91 Å². The fourth-order valence-electron chi connectivity index (χ4n) is 1.77. The molecule has 56 valence electrons. The summed E-state index contributed by atoms with van der Waals surface area (Å²) < 4.78 is 0. The monoisotopic (exact) mass is 157 g/mol. The van der Waals surface area contributed by atoms with Gasteiger partial charge in [-0.2, -0.15) is 11.8 Å². The number of carbonyl (C=O) groups is 1. The minimum Gasteiger partial charge on any atom is -0.352 e. The smallest absolute Gasteiger partial charge is 0.220 e. The molecule has 0 unspecified atom stereocenters. The molecule has 0 bridgehead atoms. The Bertz CT molecular complexity index is 171. The van der Waals surface area contributed by atoms with E-state index in [1.165, 1.54) is 5.75 Å². The summed E-state index contributed by atoms with van der Waals surface area (Å²) in [5.41, 5.74) is 0. The van der Waals surface area contributed by atoms with Gasteiger partial charge in [0.05, 0.1) is 0 Å². The first-order valence-corrected chi connectivity index (χ1v) is 4.73. The van der Waals surface area contributed by atoms with Crippen molar-refractivity contribution in [1.82, 2.24) is 5.32 Å². The Morgan fingerprint density at radius 1 is 1.70 bits per heavy atom. The molecular weight excluding hydrogens is 146 g/mol. The second-order valence-corrected chi connectivity index (χ2v) is 4.51. The van der Waals surface area contributed by atoms with Crippen LogP contribution in [-0.2, 0) is 4.79 Å². The molecule has 2 nitrogen and oxygen atoms in total. The van der Waals surface area contributed by atoms with Crippen LogP contribution in [-0.4, -0.2) is 23.0 Å². The van der Waals surface area contributed by atoms with Crippen LogP contribution in [0.1, 0.15) is 13.3 Å². The Labute approximate surface area is 64.8 Å². The highest BCUT2D eigenvalue weighted by atomic mass is 32.2. The third-order valence-corrected chi connectivity index (χ3v) is 3.80. The number of rotatable bonds is 0. The van der Waals surface area contributed by atoms with Crippen molar-refractivity contribution < 1.29 is 4.79 Å². The SMILES string of the molecule is C[C@@H]1SC[C@@H]2CC(=O)N[C@@H]21. The molecule has 2 aliphatic heterocycles. The molecule has 0 aliphatic carbocycles. The highest BCUT2D eigenvalue weighted by Gasteiger charge is 2.40. The summed E-state index contributed by atoms with van der Waals surface area (Å²) in [6, 6.07) is 0.484. The lowest BCUT2D eigenvalue weighted by molar-refractivity contribution is -0.119. The first-order chi connectivity index (χ1) is 4.77. The summed E-state index contributed by atoms with van der Waals surface area (Å²) in [4.78, 5) is 10.9. The molecule has 2 rings (SSSR count). The number of hydrogen-bond donors (Lipinski definition) is 1. The fourth-order valence-corrected chi connectivity index (χ4v) is 3.14. The first-order valence-electron chi connectivity index (χ1n) is 3.68. The minimum absolute atomic E-state index is 0.252. The maximum atomic E-state index is 10.9. The zero-order chi connectivity index (χ0) is 7.14. The second kappa shape index (κ2) is 2.16. The molecular formula is C7H11NOS. The molecule has 3 atom stereocenters. The fraction of sp³-hybridized carbons (Fsp3) is 0.857. The molecule has 0 saturated carbocycles. The van der Waals surface area contributed by atoms with Crippen molar-refractivity contribution in [2.45, 2.75) is 24.6 Å². The van der Waals surface area contributed by atoms with Crippen LogP contribution in [0.2, 0.25) is 0 Å². The number of amides is 1. The van der Waals surface area contributed by atoms with Crippen molar-refractivity contribution in [3.8, 4) is 0 Å².